The van der Waals surface area contributed by atoms with Crippen LogP contribution >= 0.6 is 0 Å². The van der Waals surface area contributed by atoms with Gasteiger partial charge in [0.25, 0.3) is 5.56 Å². The molecule has 1 unspecified atom stereocenters. The van der Waals surface area contributed by atoms with Crippen LogP contribution in [0.4, 0.5) is 0 Å². The number of aromatic nitrogens is 2. The van der Waals surface area contributed by atoms with E-state index in [4.69, 9.17) is 15.2 Å². The second-order valence-electron chi connectivity index (χ2n) is 6.79. The van der Waals surface area contributed by atoms with E-state index in [1.165, 1.54) is 25.5 Å². The maximum Gasteiger partial charge on any atom is 0.330 e. The molecule has 156 valence electrons. The summed E-state index contributed by atoms with van der Waals surface area (Å²) >= 11 is 0. The second-order valence-corrected chi connectivity index (χ2v) is 6.79. The molecule has 0 aliphatic carbocycles. The summed E-state index contributed by atoms with van der Waals surface area (Å²) in [6, 6.07) is 6.04. The summed E-state index contributed by atoms with van der Waals surface area (Å²) in [7, 11) is 3.04. The van der Waals surface area contributed by atoms with Gasteiger partial charge in [-0.1, -0.05) is 24.3 Å². The number of carbonyl (C=O) groups excluding carboxylic acids is 2. The molecule has 1 aromatic carbocycles. The van der Waals surface area contributed by atoms with Gasteiger partial charge in [-0.25, -0.2) is 4.79 Å². The van der Waals surface area contributed by atoms with Crippen molar-refractivity contribution in [2.24, 2.45) is 19.8 Å². The lowest BCUT2D eigenvalue weighted by molar-refractivity contribution is -0.183. The van der Waals surface area contributed by atoms with Gasteiger partial charge < -0.3 is 19.8 Å². The molecule has 9 nitrogen and oxygen atoms in total. The van der Waals surface area contributed by atoms with Crippen LogP contribution in [0.2, 0.25) is 0 Å². The van der Waals surface area contributed by atoms with Gasteiger partial charge in [-0.2, -0.15) is 0 Å². The van der Waals surface area contributed by atoms with Crippen molar-refractivity contribution < 1.29 is 19.1 Å². The smallest absolute Gasteiger partial charge is 0.330 e. The molecule has 9 heteroatoms. The van der Waals surface area contributed by atoms with Crippen molar-refractivity contribution in [3.63, 3.8) is 0 Å². The van der Waals surface area contributed by atoms with Crippen LogP contribution in [0.1, 0.15) is 25.1 Å². The number of nitrogens with two attached hydrogens (primary N) is 1. The Kier molecular flexibility index (Phi) is 6.76. The number of nitrogens with zero attached hydrogens (tertiary/aromatic N) is 2. The van der Waals surface area contributed by atoms with Crippen molar-refractivity contribution >= 4 is 11.9 Å². The molecule has 2 aromatic rings. The van der Waals surface area contributed by atoms with E-state index in [1.54, 1.807) is 38.2 Å². The molecule has 1 heterocycles. The van der Waals surface area contributed by atoms with Crippen LogP contribution < -0.4 is 17.0 Å². The Morgan fingerprint density at radius 2 is 1.66 bits per heavy atom. The van der Waals surface area contributed by atoms with Crippen molar-refractivity contribution in [3.8, 4) is 11.1 Å². The van der Waals surface area contributed by atoms with Crippen molar-refractivity contribution in [3.05, 3.63) is 56.4 Å². The molecule has 0 aliphatic heterocycles. The van der Waals surface area contributed by atoms with Gasteiger partial charge in [-0.15, -0.1) is 0 Å². The first-order chi connectivity index (χ1) is 13.5. The minimum Gasteiger partial charge on any atom is -0.426 e. The SMILES string of the molecule is CC(=O)OC(C)OC(=O)[C@@H](N)Cc1ccc(-c2c(C)n(C)c(=O)n(C)c2=O)cc1. The minimum atomic E-state index is -1.02. The normalized spacial score (nSPS) is 12.9. The Hall–Kier alpha value is -3.20. The summed E-state index contributed by atoms with van der Waals surface area (Å²) < 4.78 is 12.2. The molecule has 0 saturated carbocycles. The fraction of sp³-hybridized carbons (Fsp3) is 0.400. The van der Waals surface area contributed by atoms with Gasteiger partial charge >= 0.3 is 17.6 Å². The lowest BCUT2D eigenvalue weighted by Crippen LogP contribution is -2.39. The topological polar surface area (TPSA) is 123 Å². The first-order valence-corrected chi connectivity index (χ1v) is 9.02. The third-order valence-electron chi connectivity index (χ3n) is 4.57. The fourth-order valence-electron chi connectivity index (χ4n) is 2.93. The van der Waals surface area contributed by atoms with Crippen LogP contribution in [-0.4, -0.2) is 33.4 Å². The zero-order valence-electron chi connectivity index (χ0n) is 17.1. The van der Waals surface area contributed by atoms with Gasteiger partial charge in [0.05, 0.1) is 5.56 Å². The summed E-state index contributed by atoms with van der Waals surface area (Å²) in [5.74, 6) is -1.25. The molecule has 0 saturated heterocycles. The number of benzene rings is 1. The molecule has 2 rings (SSSR count). The van der Waals surface area contributed by atoms with Crippen LogP contribution in [0.5, 0.6) is 0 Å². The average Bonchev–Trinajstić information content (AvgIpc) is 2.65. The summed E-state index contributed by atoms with van der Waals surface area (Å²) in [6.45, 7) is 4.35. The Labute approximate surface area is 167 Å². The third-order valence-corrected chi connectivity index (χ3v) is 4.57. The van der Waals surface area contributed by atoms with E-state index in [-0.39, 0.29) is 17.7 Å². The predicted octanol–water partition coefficient (Wildman–Crippen LogP) is 0.382. The zero-order chi connectivity index (χ0) is 21.9. The van der Waals surface area contributed by atoms with Crippen LogP contribution in [0, 0.1) is 6.92 Å². The van der Waals surface area contributed by atoms with E-state index in [0.29, 0.717) is 16.8 Å². The summed E-state index contributed by atoms with van der Waals surface area (Å²) in [5.41, 5.74) is 7.52. The van der Waals surface area contributed by atoms with Crippen LogP contribution in [0.3, 0.4) is 0 Å². The highest BCUT2D eigenvalue weighted by molar-refractivity contribution is 5.76. The number of esters is 2. The quantitative estimate of drug-likeness (QED) is 0.546. The Balaban J connectivity index is 2.18. The number of rotatable bonds is 6. The Morgan fingerprint density at radius 3 is 2.21 bits per heavy atom. The highest BCUT2D eigenvalue weighted by atomic mass is 16.7. The molecule has 0 amide bonds. The molecular formula is C20H25N3O6. The molecule has 0 bridgehead atoms. The van der Waals surface area contributed by atoms with E-state index in [9.17, 15) is 19.2 Å². The number of carbonyl (C=O) groups is 2. The van der Waals surface area contributed by atoms with E-state index in [0.717, 1.165) is 10.1 Å². The maximum absolute atomic E-state index is 12.5. The minimum absolute atomic E-state index is 0.205. The largest absolute Gasteiger partial charge is 0.426 e. The maximum atomic E-state index is 12.5. The third kappa shape index (κ3) is 5.00. The molecule has 0 aliphatic rings. The molecule has 0 spiro atoms. The summed E-state index contributed by atoms with van der Waals surface area (Å²) in [4.78, 5) is 47.4. The van der Waals surface area contributed by atoms with Crippen LogP contribution in [0.25, 0.3) is 11.1 Å². The highest BCUT2D eigenvalue weighted by Gasteiger charge is 2.20. The Morgan fingerprint density at radius 1 is 1.07 bits per heavy atom. The van der Waals surface area contributed by atoms with Gasteiger partial charge in [0.2, 0.25) is 6.29 Å². The number of ether oxygens (including phenoxy) is 2. The lowest BCUT2D eigenvalue weighted by Gasteiger charge is -2.16. The van der Waals surface area contributed by atoms with Crippen molar-refractivity contribution in [2.45, 2.75) is 39.5 Å². The predicted molar refractivity (Wildman–Crippen MR) is 106 cm³/mol. The monoisotopic (exact) mass is 403 g/mol. The summed E-state index contributed by atoms with van der Waals surface area (Å²) in [6.07, 6.45) is -0.812. The first-order valence-electron chi connectivity index (χ1n) is 9.02. The molecule has 2 N–H and O–H groups in total. The fourth-order valence-corrected chi connectivity index (χ4v) is 2.93. The average molecular weight is 403 g/mol. The number of hydrogen-bond acceptors (Lipinski definition) is 7. The van der Waals surface area contributed by atoms with Crippen LogP contribution in [-0.2, 0) is 39.6 Å². The van der Waals surface area contributed by atoms with E-state index < -0.39 is 24.3 Å². The second kappa shape index (κ2) is 8.87. The highest BCUT2D eigenvalue weighted by Crippen LogP contribution is 2.19. The van der Waals surface area contributed by atoms with Gasteiger partial charge in [0.1, 0.15) is 6.04 Å². The molecule has 0 fully saturated rings. The van der Waals surface area contributed by atoms with E-state index in [2.05, 4.69) is 0 Å². The van der Waals surface area contributed by atoms with Gasteiger partial charge in [0.15, 0.2) is 0 Å². The van der Waals surface area contributed by atoms with Gasteiger partial charge in [-0.3, -0.25) is 19.0 Å². The molecule has 29 heavy (non-hydrogen) atoms. The summed E-state index contributed by atoms with van der Waals surface area (Å²) in [5, 5.41) is 0. The molecular weight excluding hydrogens is 378 g/mol. The van der Waals surface area contributed by atoms with Crippen molar-refractivity contribution in [2.75, 3.05) is 0 Å². The molecule has 0 radical (unpaired) electrons. The van der Waals surface area contributed by atoms with Crippen molar-refractivity contribution in [1.29, 1.82) is 0 Å². The lowest BCUT2D eigenvalue weighted by atomic mass is 10.0. The standard InChI is InChI=1S/C20H25N3O6/c1-11-17(18(25)23(5)20(27)22(11)4)15-8-6-14(7-9-15)10-16(21)19(26)29-13(3)28-12(2)24/h6-9,13,16H,10,21H2,1-5H3/t13?,16-/m0/s1. The molecule has 2 atom stereocenters. The zero-order valence-corrected chi connectivity index (χ0v) is 17.1. The van der Waals surface area contributed by atoms with Gasteiger partial charge in [-0.05, 0) is 24.5 Å². The van der Waals surface area contributed by atoms with E-state index >= 15 is 0 Å². The van der Waals surface area contributed by atoms with Crippen molar-refractivity contribution in [1.82, 2.24) is 9.13 Å². The number of hydrogen-bond donors (Lipinski definition) is 1. The van der Waals surface area contributed by atoms with Crippen LogP contribution in [0.15, 0.2) is 33.9 Å². The first kappa shape index (κ1) is 22.1. The Bertz CT molecular complexity index is 1040. The van der Waals surface area contributed by atoms with Gasteiger partial charge in [0, 0.05) is 33.6 Å². The van der Waals surface area contributed by atoms with E-state index in [1.807, 2.05) is 0 Å². The molecule has 1 aromatic heterocycles.